The number of imidazole rings is 1. The zero-order chi connectivity index (χ0) is 15.1. The van der Waals surface area contributed by atoms with E-state index in [0.717, 1.165) is 23.5 Å². The second-order valence-corrected chi connectivity index (χ2v) is 6.82. The van der Waals surface area contributed by atoms with Crippen LogP contribution in [0.25, 0.3) is 11.2 Å². The normalized spacial score (nSPS) is 20.4. The molecule has 0 saturated heterocycles. The summed E-state index contributed by atoms with van der Waals surface area (Å²) in [4.78, 5) is 14.3. The Bertz CT molecular complexity index is 678. The molecule has 0 spiro atoms. The molecule has 2 N–H and O–H groups in total. The van der Waals surface area contributed by atoms with Gasteiger partial charge in [-0.05, 0) is 32.6 Å². The minimum atomic E-state index is 0.488. The van der Waals surface area contributed by atoms with E-state index in [4.69, 9.17) is 15.7 Å². The van der Waals surface area contributed by atoms with Crippen molar-refractivity contribution < 1.29 is 0 Å². The van der Waals surface area contributed by atoms with Crippen molar-refractivity contribution in [1.82, 2.24) is 19.5 Å². The maximum atomic E-state index is 6.23. The van der Waals surface area contributed by atoms with Crippen LogP contribution in [0.3, 0.4) is 0 Å². The van der Waals surface area contributed by atoms with Crippen molar-refractivity contribution in [1.29, 1.82) is 0 Å². The second kappa shape index (κ2) is 5.52. The molecule has 2 heterocycles. The summed E-state index contributed by atoms with van der Waals surface area (Å²) in [6.07, 6.45) is 10.1. The first-order valence-electron chi connectivity index (χ1n) is 8.81. The Morgan fingerprint density at radius 3 is 2.23 bits per heavy atom. The van der Waals surface area contributed by atoms with Crippen molar-refractivity contribution in [3.05, 3.63) is 11.6 Å². The summed E-state index contributed by atoms with van der Waals surface area (Å²) in [5, 5.41) is 0. The fourth-order valence-electron chi connectivity index (χ4n) is 4.23. The highest BCUT2D eigenvalue weighted by Gasteiger charge is 2.27. The molecule has 5 nitrogen and oxygen atoms in total. The van der Waals surface area contributed by atoms with Gasteiger partial charge in [-0.3, -0.25) is 0 Å². The van der Waals surface area contributed by atoms with Crippen LogP contribution in [-0.2, 0) is 6.54 Å². The molecule has 0 bridgehead atoms. The Labute approximate surface area is 131 Å². The van der Waals surface area contributed by atoms with E-state index in [1.807, 2.05) is 0 Å². The Hall–Kier alpha value is -1.65. The molecule has 0 amide bonds. The van der Waals surface area contributed by atoms with Crippen molar-refractivity contribution in [2.45, 2.75) is 76.7 Å². The third-order valence-electron chi connectivity index (χ3n) is 5.43. The lowest BCUT2D eigenvalue weighted by Crippen LogP contribution is -2.08. The van der Waals surface area contributed by atoms with Crippen LogP contribution in [0, 0.1) is 0 Å². The number of fused-ring (bicyclic) bond motifs is 1. The lowest BCUT2D eigenvalue weighted by Gasteiger charge is -2.12. The standard InChI is InChI=1S/C17H25N5/c1-2-22-16(12-9-5-6-10-12)19-13-14(18)20-15(21-17(13)22)11-7-3-4-8-11/h11-12H,2-10H2,1H3,(H2,18,20,21). The van der Waals surface area contributed by atoms with Crippen molar-refractivity contribution in [3.63, 3.8) is 0 Å². The third-order valence-corrected chi connectivity index (χ3v) is 5.43. The van der Waals surface area contributed by atoms with Gasteiger partial charge in [-0.15, -0.1) is 0 Å². The summed E-state index contributed by atoms with van der Waals surface area (Å²) in [5.74, 6) is 3.75. The molecule has 0 atom stereocenters. The van der Waals surface area contributed by atoms with Gasteiger partial charge >= 0.3 is 0 Å². The molecular formula is C17H25N5. The molecule has 5 heteroatoms. The number of anilines is 1. The zero-order valence-electron chi connectivity index (χ0n) is 13.4. The average molecular weight is 299 g/mol. The van der Waals surface area contributed by atoms with Gasteiger partial charge < -0.3 is 10.3 Å². The van der Waals surface area contributed by atoms with Crippen LogP contribution >= 0.6 is 0 Å². The van der Waals surface area contributed by atoms with Gasteiger partial charge in [-0.1, -0.05) is 25.7 Å². The molecule has 2 fully saturated rings. The molecule has 2 aliphatic rings. The van der Waals surface area contributed by atoms with Gasteiger partial charge in [0.25, 0.3) is 0 Å². The molecule has 4 rings (SSSR count). The first-order chi connectivity index (χ1) is 10.8. The van der Waals surface area contributed by atoms with Crippen LogP contribution in [0.5, 0.6) is 0 Å². The molecule has 2 aliphatic carbocycles. The molecule has 118 valence electrons. The highest BCUT2D eigenvalue weighted by Crippen LogP contribution is 2.37. The monoisotopic (exact) mass is 299 g/mol. The lowest BCUT2D eigenvalue weighted by atomic mass is 10.1. The molecule has 2 saturated carbocycles. The van der Waals surface area contributed by atoms with Crippen LogP contribution in [-0.4, -0.2) is 19.5 Å². The Morgan fingerprint density at radius 1 is 0.955 bits per heavy atom. The van der Waals surface area contributed by atoms with Gasteiger partial charge in [0, 0.05) is 18.4 Å². The summed E-state index contributed by atoms with van der Waals surface area (Å²) in [6, 6.07) is 0. The Kier molecular flexibility index (Phi) is 3.51. The number of nitrogen functional groups attached to an aromatic ring is 1. The fraction of sp³-hybridized carbons (Fsp3) is 0.706. The third kappa shape index (κ3) is 2.18. The summed E-state index contributed by atoms with van der Waals surface area (Å²) >= 11 is 0. The number of hydrogen-bond donors (Lipinski definition) is 1. The molecule has 2 aromatic heterocycles. The fourth-order valence-corrected chi connectivity index (χ4v) is 4.23. The van der Waals surface area contributed by atoms with Crippen molar-refractivity contribution in [2.24, 2.45) is 0 Å². The number of nitrogens with two attached hydrogens (primary N) is 1. The lowest BCUT2D eigenvalue weighted by molar-refractivity contribution is 0.605. The first kappa shape index (κ1) is 14.0. The highest BCUT2D eigenvalue weighted by molar-refractivity contribution is 5.82. The number of rotatable bonds is 3. The molecule has 0 aromatic carbocycles. The van der Waals surface area contributed by atoms with E-state index in [1.165, 1.54) is 57.2 Å². The van der Waals surface area contributed by atoms with Gasteiger partial charge in [-0.25, -0.2) is 15.0 Å². The topological polar surface area (TPSA) is 69.6 Å². The van der Waals surface area contributed by atoms with E-state index in [2.05, 4.69) is 16.5 Å². The molecular weight excluding hydrogens is 274 g/mol. The first-order valence-corrected chi connectivity index (χ1v) is 8.81. The minimum Gasteiger partial charge on any atom is -0.382 e. The van der Waals surface area contributed by atoms with E-state index in [1.54, 1.807) is 0 Å². The van der Waals surface area contributed by atoms with E-state index in [9.17, 15) is 0 Å². The van der Waals surface area contributed by atoms with E-state index in [-0.39, 0.29) is 0 Å². The minimum absolute atomic E-state index is 0.488. The predicted octanol–water partition coefficient (Wildman–Crippen LogP) is 3.74. The smallest absolute Gasteiger partial charge is 0.165 e. The second-order valence-electron chi connectivity index (χ2n) is 6.82. The van der Waals surface area contributed by atoms with Crippen LogP contribution in [0.15, 0.2) is 0 Å². The largest absolute Gasteiger partial charge is 0.382 e. The average Bonchev–Trinajstić information content (AvgIpc) is 3.26. The Balaban J connectivity index is 1.84. The molecule has 0 unspecified atom stereocenters. The van der Waals surface area contributed by atoms with E-state index in [0.29, 0.717) is 17.7 Å². The SMILES string of the molecule is CCn1c(C2CCCC2)nc2c(N)nc(C3CCCC3)nc21. The predicted molar refractivity (Wildman–Crippen MR) is 87.8 cm³/mol. The van der Waals surface area contributed by atoms with Gasteiger partial charge in [-0.2, -0.15) is 0 Å². The summed E-state index contributed by atoms with van der Waals surface area (Å²) in [7, 11) is 0. The van der Waals surface area contributed by atoms with Crippen LogP contribution < -0.4 is 5.73 Å². The summed E-state index contributed by atoms with van der Waals surface area (Å²) in [6.45, 7) is 3.08. The summed E-state index contributed by atoms with van der Waals surface area (Å²) < 4.78 is 2.28. The van der Waals surface area contributed by atoms with E-state index < -0.39 is 0 Å². The quantitative estimate of drug-likeness (QED) is 0.937. The number of aromatic nitrogens is 4. The van der Waals surface area contributed by atoms with Crippen LogP contribution in [0.2, 0.25) is 0 Å². The number of nitrogens with zero attached hydrogens (tertiary/aromatic N) is 4. The van der Waals surface area contributed by atoms with E-state index >= 15 is 0 Å². The summed E-state index contributed by atoms with van der Waals surface area (Å²) in [5.41, 5.74) is 8.00. The maximum absolute atomic E-state index is 6.23. The molecule has 0 aliphatic heterocycles. The van der Waals surface area contributed by atoms with Crippen molar-refractivity contribution in [2.75, 3.05) is 5.73 Å². The number of aryl methyl sites for hydroxylation is 1. The molecule has 0 radical (unpaired) electrons. The van der Waals surface area contributed by atoms with Gasteiger partial charge in [0.2, 0.25) is 0 Å². The van der Waals surface area contributed by atoms with Gasteiger partial charge in [0.05, 0.1) is 0 Å². The number of hydrogen-bond acceptors (Lipinski definition) is 4. The van der Waals surface area contributed by atoms with Crippen molar-refractivity contribution >= 4 is 17.0 Å². The van der Waals surface area contributed by atoms with Crippen LogP contribution in [0.1, 0.15) is 81.8 Å². The van der Waals surface area contributed by atoms with Crippen LogP contribution in [0.4, 0.5) is 5.82 Å². The highest BCUT2D eigenvalue weighted by atomic mass is 15.2. The molecule has 22 heavy (non-hydrogen) atoms. The zero-order valence-corrected chi connectivity index (χ0v) is 13.4. The Morgan fingerprint density at radius 2 is 1.59 bits per heavy atom. The maximum Gasteiger partial charge on any atom is 0.165 e. The van der Waals surface area contributed by atoms with Gasteiger partial charge in [0.15, 0.2) is 17.0 Å². The van der Waals surface area contributed by atoms with Gasteiger partial charge in [0.1, 0.15) is 11.6 Å². The van der Waals surface area contributed by atoms with Crippen molar-refractivity contribution in [3.8, 4) is 0 Å². The molecule has 2 aromatic rings.